The van der Waals surface area contributed by atoms with Crippen LogP contribution in [0.3, 0.4) is 0 Å². The molecule has 0 aromatic heterocycles. The second-order valence-electron chi connectivity index (χ2n) is 3.91. The first-order valence-corrected chi connectivity index (χ1v) is 6.03. The number of carbonyl (C=O) groups is 1. The van der Waals surface area contributed by atoms with Gasteiger partial charge in [-0.2, -0.15) is 0 Å². The molecule has 0 aromatic rings. The molecule has 0 amide bonds. The van der Waals surface area contributed by atoms with Gasteiger partial charge in [-0.05, 0) is 33.4 Å². The number of hydrogen-bond acceptors (Lipinski definition) is 4. The van der Waals surface area contributed by atoms with Crippen molar-refractivity contribution in [3.63, 3.8) is 0 Å². The molecular formula is C12H25NO3. The molecule has 0 radical (unpaired) electrons. The number of likely N-dealkylation sites (N-methyl/N-ethyl adjacent to an activating group) is 1. The molecule has 0 rings (SSSR count). The number of nitrogens with zero attached hydrogens (tertiary/aromatic N) is 1. The van der Waals surface area contributed by atoms with Gasteiger partial charge in [-0.3, -0.25) is 4.79 Å². The average molecular weight is 231 g/mol. The molecule has 0 atom stereocenters. The lowest BCUT2D eigenvalue weighted by atomic mass is 10.2. The van der Waals surface area contributed by atoms with Gasteiger partial charge in [0, 0.05) is 20.1 Å². The van der Waals surface area contributed by atoms with Crippen molar-refractivity contribution in [3.05, 3.63) is 0 Å². The zero-order chi connectivity index (χ0) is 12.2. The summed E-state index contributed by atoms with van der Waals surface area (Å²) in [5, 5.41) is 0. The maximum Gasteiger partial charge on any atom is 0.305 e. The Bertz CT molecular complexity index is 174. The van der Waals surface area contributed by atoms with Gasteiger partial charge in [-0.15, -0.1) is 0 Å². The highest BCUT2D eigenvalue weighted by atomic mass is 16.5. The Morgan fingerprint density at radius 1 is 1.19 bits per heavy atom. The maximum absolute atomic E-state index is 11.0. The van der Waals surface area contributed by atoms with Crippen molar-refractivity contribution in [1.29, 1.82) is 0 Å². The molecule has 0 aliphatic rings. The normalized spacial score (nSPS) is 10.8. The predicted molar refractivity (Wildman–Crippen MR) is 64.5 cm³/mol. The fraction of sp³-hybridized carbons (Fsp3) is 0.917. The van der Waals surface area contributed by atoms with Crippen LogP contribution in [0.1, 0.15) is 32.6 Å². The first-order valence-electron chi connectivity index (χ1n) is 6.03. The molecule has 0 aliphatic heterocycles. The highest BCUT2D eigenvalue weighted by Crippen LogP contribution is 2.02. The fourth-order valence-corrected chi connectivity index (χ4v) is 1.42. The minimum Gasteiger partial charge on any atom is -0.466 e. The topological polar surface area (TPSA) is 38.8 Å². The summed E-state index contributed by atoms with van der Waals surface area (Å²) in [6, 6.07) is 0. The van der Waals surface area contributed by atoms with E-state index in [1.165, 1.54) is 0 Å². The van der Waals surface area contributed by atoms with Crippen LogP contribution in [0.4, 0.5) is 0 Å². The largest absolute Gasteiger partial charge is 0.466 e. The zero-order valence-electron chi connectivity index (χ0n) is 10.8. The van der Waals surface area contributed by atoms with Crippen LogP contribution < -0.4 is 0 Å². The molecule has 16 heavy (non-hydrogen) atoms. The van der Waals surface area contributed by atoms with Crippen molar-refractivity contribution in [1.82, 2.24) is 4.90 Å². The number of hydrogen-bond donors (Lipinski definition) is 0. The third kappa shape index (κ3) is 9.93. The van der Waals surface area contributed by atoms with Gasteiger partial charge in [0.15, 0.2) is 0 Å². The van der Waals surface area contributed by atoms with Gasteiger partial charge in [0.25, 0.3) is 0 Å². The van der Waals surface area contributed by atoms with Crippen LogP contribution in [0.15, 0.2) is 0 Å². The lowest BCUT2D eigenvalue weighted by molar-refractivity contribution is -0.143. The summed E-state index contributed by atoms with van der Waals surface area (Å²) >= 11 is 0. The van der Waals surface area contributed by atoms with Gasteiger partial charge in [0.2, 0.25) is 0 Å². The van der Waals surface area contributed by atoms with Crippen LogP contribution in [-0.4, -0.2) is 51.3 Å². The Kier molecular flexibility index (Phi) is 10.5. The summed E-state index contributed by atoms with van der Waals surface area (Å²) < 4.78 is 9.85. The Morgan fingerprint density at radius 2 is 1.94 bits per heavy atom. The van der Waals surface area contributed by atoms with Gasteiger partial charge in [-0.25, -0.2) is 0 Å². The van der Waals surface area contributed by atoms with E-state index >= 15 is 0 Å². The summed E-state index contributed by atoms with van der Waals surface area (Å²) in [5.74, 6) is -0.0739. The zero-order valence-corrected chi connectivity index (χ0v) is 10.8. The standard InChI is InChI=1S/C12H25NO3/c1-4-16-12(14)8-6-5-7-9-13(2)10-11-15-3/h4-11H2,1-3H3. The Labute approximate surface area is 98.9 Å². The number of unbranched alkanes of at least 4 members (excludes halogenated alkanes) is 2. The minimum absolute atomic E-state index is 0.0739. The smallest absolute Gasteiger partial charge is 0.305 e. The van der Waals surface area contributed by atoms with Gasteiger partial charge in [0.1, 0.15) is 0 Å². The molecule has 96 valence electrons. The van der Waals surface area contributed by atoms with Crippen molar-refractivity contribution < 1.29 is 14.3 Å². The summed E-state index contributed by atoms with van der Waals surface area (Å²) in [7, 11) is 3.80. The van der Waals surface area contributed by atoms with E-state index in [1.54, 1.807) is 7.11 Å². The molecule has 0 spiro atoms. The van der Waals surface area contributed by atoms with Crippen molar-refractivity contribution in [2.45, 2.75) is 32.6 Å². The van der Waals surface area contributed by atoms with E-state index in [2.05, 4.69) is 11.9 Å². The van der Waals surface area contributed by atoms with Crippen LogP contribution in [0.25, 0.3) is 0 Å². The molecule has 0 aliphatic carbocycles. The predicted octanol–water partition coefficient (Wildman–Crippen LogP) is 1.69. The molecule has 4 nitrogen and oxygen atoms in total. The Morgan fingerprint density at radius 3 is 2.56 bits per heavy atom. The molecule has 0 aromatic carbocycles. The van der Waals surface area contributed by atoms with Crippen molar-refractivity contribution in [2.75, 3.05) is 40.5 Å². The third-order valence-electron chi connectivity index (χ3n) is 2.40. The first kappa shape index (κ1) is 15.4. The Hall–Kier alpha value is -0.610. The molecule has 0 saturated heterocycles. The average Bonchev–Trinajstić information content (AvgIpc) is 2.26. The maximum atomic E-state index is 11.0. The van der Waals surface area contributed by atoms with Gasteiger partial charge in [-0.1, -0.05) is 6.42 Å². The summed E-state index contributed by atoms with van der Waals surface area (Å²) in [4.78, 5) is 13.3. The summed E-state index contributed by atoms with van der Waals surface area (Å²) in [6.07, 6.45) is 3.68. The number of methoxy groups -OCH3 is 1. The van der Waals surface area contributed by atoms with Crippen LogP contribution in [-0.2, 0) is 14.3 Å². The Balaban J connectivity index is 3.23. The summed E-state index contributed by atoms with van der Waals surface area (Å²) in [5.41, 5.74) is 0. The molecule has 0 N–H and O–H groups in total. The van der Waals surface area contributed by atoms with Crippen LogP contribution in [0.2, 0.25) is 0 Å². The van der Waals surface area contributed by atoms with Crippen molar-refractivity contribution in [3.8, 4) is 0 Å². The van der Waals surface area contributed by atoms with Crippen LogP contribution in [0.5, 0.6) is 0 Å². The van der Waals surface area contributed by atoms with Crippen LogP contribution >= 0.6 is 0 Å². The quantitative estimate of drug-likeness (QED) is 0.423. The van der Waals surface area contributed by atoms with E-state index in [-0.39, 0.29) is 5.97 Å². The van der Waals surface area contributed by atoms with E-state index in [0.717, 1.165) is 39.0 Å². The van der Waals surface area contributed by atoms with Gasteiger partial charge < -0.3 is 14.4 Å². The molecule has 4 heteroatoms. The first-order chi connectivity index (χ1) is 7.70. The lowest BCUT2D eigenvalue weighted by Gasteiger charge is -2.15. The molecule has 0 saturated carbocycles. The van der Waals surface area contributed by atoms with E-state index < -0.39 is 0 Å². The van der Waals surface area contributed by atoms with Crippen molar-refractivity contribution >= 4 is 5.97 Å². The number of carbonyl (C=O) groups excluding carboxylic acids is 1. The third-order valence-corrected chi connectivity index (χ3v) is 2.40. The van der Waals surface area contributed by atoms with Crippen molar-refractivity contribution in [2.24, 2.45) is 0 Å². The van der Waals surface area contributed by atoms with E-state index in [0.29, 0.717) is 13.0 Å². The number of esters is 1. The molecular weight excluding hydrogens is 206 g/mol. The monoisotopic (exact) mass is 231 g/mol. The highest BCUT2D eigenvalue weighted by molar-refractivity contribution is 5.69. The summed E-state index contributed by atoms with van der Waals surface area (Å²) in [6.45, 7) is 5.13. The van der Waals surface area contributed by atoms with E-state index in [9.17, 15) is 4.79 Å². The molecule has 0 bridgehead atoms. The second kappa shape index (κ2) is 10.9. The number of ether oxygens (including phenoxy) is 2. The van der Waals surface area contributed by atoms with Gasteiger partial charge in [0.05, 0.1) is 13.2 Å². The SMILES string of the molecule is CCOC(=O)CCCCCN(C)CCOC. The highest BCUT2D eigenvalue weighted by Gasteiger charge is 2.01. The number of rotatable bonds is 10. The lowest BCUT2D eigenvalue weighted by Crippen LogP contribution is -2.23. The minimum atomic E-state index is -0.0739. The molecule has 0 unspecified atom stereocenters. The van der Waals surface area contributed by atoms with E-state index in [1.807, 2.05) is 6.92 Å². The molecule has 0 fully saturated rings. The second-order valence-corrected chi connectivity index (χ2v) is 3.91. The van der Waals surface area contributed by atoms with E-state index in [4.69, 9.17) is 9.47 Å². The van der Waals surface area contributed by atoms with Crippen LogP contribution in [0, 0.1) is 0 Å². The fourth-order valence-electron chi connectivity index (χ4n) is 1.42. The van der Waals surface area contributed by atoms with Gasteiger partial charge >= 0.3 is 5.97 Å². The molecule has 0 heterocycles.